The molecule has 0 fully saturated rings. The van der Waals surface area contributed by atoms with Crippen LogP contribution in [0.15, 0.2) is 78.9 Å². The van der Waals surface area contributed by atoms with E-state index in [0.29, 0.717) is 39.2 Å². The lowest BCUT2D eigenvalue weighted by molar-refractivity contribution is -0.139. The van der Waals surface area contributed by atoms with Gasteiger partial charge in [0.15, 0.2) is 0 Å². The fourth-order valence-corrected chi connectivity index (χ4v) is 5.33. The van der Waals surface area contributed by atoms with Crippen LogP contribution in [0.3, 0.4) is 0 Å². The summed E-state index contributed by atoms with van der Waals surface area (Å²) in [5, 5.41) is 32.7. The molecule has 0 aliphatic heterocycles. The average molecular weight is 646 g/mol. The summed E-state index contributed by atoms with van der Waals surface area (Å²) >= 11 is 0. The van der Waals surface area contributed by atoms with Gasteiger partial charge in [0, 0.05) is 54.6 Å². The van der Waals surface area contributed by atoms with Gasteiger partial charge in [0.25, 0.3) is 11.8 Å². The lowest BCUT2D eigenvalue weighted by Gasteiger charge is -2.17. The number of rotatable bonds is 12. The van der Waals surface area contributed by atoms with Gasteiger partial charge in [-0.2, -0.15) is 0 Å². The molecule has 2 amide bonds. The van der Waals surface area contributed by atoms with Crippen molar-refractivity contribution in [1.29, 1.82) is 0 Å². The van der Waals surface area contributed by atoms with E-state index in [-0.39, 0.29) is 24.1 Å². The van der Waals surface area contributed by atoms with Crippen LogP contribution in [0, 0.1) is 11.6 Å². The minimum Gasteiger partial charge on any atom is -0.481 e. The van der Waals surface area contributed by atoms with Crippen LogP contribution in [0.1, 0.15) is 59.3 Å². The van der Waals surface area contributed by atoms with E-state index in [0.717, 1.165) is 0 Å². The molecule has 1 aromatic heterocycles. The summed E-state index contributed by atoms with van der Waals surface area (Å²) in [5.74, 6) is -2.89. The van der Waals surface area contributed by atoms with Crippen LogP contribution >= 0.6 is 0 Å². The highest BCUT2D eigenvalue weighted by molar-refractivity contribution is 6.12. The molecular weight excluding hydrogens is 608 g/mol. The summed E-state index contributed by atoms with van der Waals surface area (Å²) in [4.78, 5) is 39.1. The summed E-state index contributed by atoms with van der Waals surface area (Å²) in [5.41, 5.74) is 3.44. The second-order valence-electron chi connectivity index (χ2n) is 11.6. The molecule has 11 heteroatoms. The zero-order valence-electron chi connectivity index (χ0n) is 26.4. The second-order valence-corrected chi connectivity index (χ2v) is 11.6. The predicted octanol–water partition coefficient (Wildman–Crippen LogP) is 6.24. The number of carbonyl (C=O) groups is 3. The number of amides is 2. The Kier molecular flexibility index (Phi) is 11.1. The van der Waals surface area contributed by atoms with Crippen LogP contribution in [0.5, 0.6) is 0 Å². The van der Waals surface area contributed by atoms with Crippen molar-refractivity contribution in [2.24, 2.45) is 0 Å². The number of hydrogen-bond acceptors (Lipinski definition) is 5. The number of nitrogens with zero attached hydrogens (tertiary/aromatic N) is 2. The molecule has 4 rings (SSSR count). The number of nitrogens with one attached hydrogen (secondary N) is 1. The summed E-state index contributed by atoms with van der Waals surface area (Å²) in [6.07, 6.45) is -0.364. The van der Waals surface area contributed by atoms with E-state index in [2.05, 4.69) is 5.32 Å². The maximum Gasteiger partial charge on any atom is 0.305 e. The molecule has 2 atom stereocenters. The largest absolute Gasteiger partial charge is 0.481 e. The van der Waals surface area contributed by atoms with Gasteiger partial charge in [0.1, 0.15) is 17.3 Å². The van der Waals surface area contributed by atoms with Gasteiger partial charge >= 0.3 is 5.97 Å². The molecule has 0 bridgehead atoms. The van der Waals surface area contributed by atoms with Crippen molar-refractivity contribution in [1.82, 2.24) is 9.47 Å². The fraction of sp³-hybridized carbons (Fsp3) is 0.250. The number of aliphatic hydroxyl groups excluding tert-OH is 2. The molecule has 0 radical (unpaired) electrons. The summed E-state index contributed by atoms with van der Waals surface area (Å²) in [6, 6.07) is 17.3. The van der Waals surface area contributed by atoms with Crippen LogP contribution in [0.25, 0.3) is 28.3 Å². The molecule has 0 aliphatic rings. The molecule has 3 aromatic carbocycles. The number of aliphatic hydroxyl groups is 2. The number of benzene rings is 3. The Morgan fingerprint density at radius 1 is 0.851 bits per heavy atom. The van der Waals surface area contributed by atoms with E-state index in [1.807, 2.05) is 13.8 Å². The lowest BCUT2D eigenvalue weighted by Crippen LogP contribution is -2.22. The number of carbonyl (C=O) groups excluding carboxylic acids is 2. The molecule has 246 valence electrons. The number of aromatic nitrogens is 1. The molecule has 0 saturated heterocycles. The third-order valence-corrected chi connectivity index (χ3v) is 7.44. The number of anilines is 1. The Labute approximate surface area is 271 Å². The van der Waals surface area contributed by atoms with Crippen molar-refractivity contribution in [3.05, 3.63) is 107 Å². The number of aliphatic carboxylic acids is 1. The topological polar surface area (TPSA) is 132 Å². The van der Waals surface area contributed by atoms with E-state index < -0.39 is 42.1 Å². The first-order valence-corrected chi connectivity index (χ1v) is 15.0. The molecule has 1 heterocycles. The normalized spacial score (nSPS) is 12.7. The molecule has 0 unspecified atom stereocenters. The van der Waals surface area contributed by atoms with Crippen molar-refractivity contribution >= 4 is 29.5 Å². The minimum atomic E-state index is -1.30. The van der Waals surface area contributed by atoms with Crippen LogP contribution in [-0.2, 0) is 4.79 Å². The van der Waals surface area contributed by atoms with Gasteiger partial charge < -0.3 is 30.1 Å². The Balaban J connectivity index is 1.93. The van der Waals surface area contributed by atoms with Crippen LogP contribution < -0.4 is 5.32 Å². The molecule has 47 heavy (non-hydrogen) atoms. The Bertz CT molecular complexity index is 1760. The van der Waals surface area contributed by atoms with Gasteiger partial charge in [-0.25, -0.2) is 8.78 Å². The molecule has 0 spiro atoms. The number of halogens is 2. The quantitative estimate of drug-likeness (QED) is 0.144. The van der Waals surface area contributed by atoms with E-state index in [1.54, 1.807) is 61.1 Å². The third kappa shape index (κ3) is 8.37. The fourth-order valence-electron chi connectivity index (χ4n) is 5.33. The molecular formula is C36H37F2N3O6. The maximum atomic E-state index is 14.3. The molecule has 4 aromatic rings. The number of hydrogen-bond donors (Lipinski definition) is 4. The zero-order valence-corrected chi connectivity index (χ0v) is 26.4. The zero-order chi connectivity index (χ0) is 34.4. The van der Waals surface area contributed by atoms with Gasteiger partial charge in [0.2, 0.25) is 0 Å². The van der Waals surface area contributed by atoms with Gasteiger partial charge in [-0.1, -0.05) is 30.3 Å². The molecule has 4 N–H and O–H groups in total. The van der Waals surface area contributed by atoms with E-state index >= 15 is 0 Å². The van der Waals surface area contributed by atoms with Gasteiger partial charge in [-0.3, -0.25) is 14.4 Å². The summed E-state index contributed by atoms with van der Waals surface area (Å²) in [7, 11) is 3.27. The molecule has 0 aliphatic carbocycles. The van der Waals surface area contributed by atoms with E-state index in [9.17, 15) is 33.4 Å². The smallest absolute Gasteiger partial charge is 0.305 e. The average Bonchev–Trinajstić information content (AvgIpc) is 3.36. The Morgan fingerprint density at radius 2 is 1.38 bits per heavy atom. The maximum absolute atomic E-state index is 14.3. The van der Waals surface area contributed by atoms with Crippen LogP contribution in [-0.4, -0.2) is 68.9 Å². The Morgan fingerprint density at radius 3 is 1.87 bits per heavy atom. The van der Waals surface area contributed by atoms with E-state index in [4.69, 9.17) is 5.11 Å². The highest BCUT2D eigenvalue weighted by Crippen LogP contribution is 2.43. The monoisotopic (exact) mass is 645 g/mol. The summed E-state index contributed by atoms with van der Waals surface area (Å²) in [6.45, 7) is 3.71. The van der Waals surface area contributed by atoms with Crippen molar-refractivity contribution in [3.63, 3.8) is 0 Å². The number of carboxylic acids is 1. The van der Waals surface area contributed by atoms with E-state index in [1.165, 1.54) is 47.4 Å². The van der Waals surface area contributed by atoms with Crippen LogP contribution in [0.4, 0.5) is 14.5 Å². The van der Waals surface area contributed by atoms with Gasteiger partial charge in [-0.15, -0.1) is 0 Å². The molecule has 0 saturated carbocycles. The highest BCUT2D eigenvalue weighted by Gasteiger charge is 2.30. The van der Waals surface area contributed by atoms with Crippen molar-refractivity contribution in [2.45, 2.75) is 44.9 Å². The van der Waals surface area contributed by atoms with Crippen molar-refractivity contribution < 1.29 is 38.5 Å². The van der Waals surface area contributed by atoms with Crippen molar-refractivity contribution in [3.8, 4) is 22.3 Å². The summed E-state index contributed by atoms with van der Waals surface area (Å²) < 4.78 is 30.0. The minimum absolute atomic E-state index is 0.194. The molecule has 9 nitrogen and oxygen atoms in total. The van der Waals surface area contributed by atoms with Gasteiger partial charge in [0.05, 0.1) is 18.6 Å². The van der Waals surface area contributed by atoms with Crippen molar-refractivity contribution in [2.75, 3.05) is 19.4 Å². The first-order valence-electron chi connectivity index (χ1n) is 15.0. The van der Waals surface area contributed by atoms with Crippen LogP contribution in [0.2, 0.25) is 0 Å². The SMILES string of the molecule is CC(C)n1c(/C=C/[C@@H](O)C[C@@H](O)CC(=O)O)c(-c2ccc(F)cc2)c(-c2ccc(F)cc2)c1C(=O)Nc1ccc(C(=O)N(C)C)cc1. The Hall–Kier alpha value is -5.13. The highest BCUT2D eigenvalue weighted by atomic mass is 19.1. The first kappa shape index (κ1) is 34.7. The first-order chi connectivity index (χ1) is 22.3. The number of carboxylic acid groups (broad SMARTS) is 1. The second kappa shape index (κ2) is 15.0. The standard InChI is InChI=1S/C36H37F2N3O6/c1-21(2)41-30(18-17-28(42)19-29(43)20-31(44)45)32(22-5-11-25(37)12-6-22)33(23-7-13-26(38)14-8-23)34(41)35(46)39-27-15-9-24(10-16-27)36(47)40(3)4/h5-18,21,28-29,42-43H,19-20H2,1-4H3,(H,39,46)(H,44,45)/b18-17+/t28-,29-/m1/s1. The van der Waals surface area contributed by atoms with Gasteiger partial charge in [-0.05, 0) is 79.6 Å². The lowest BCUT2D eigenvalue weighted by atomic mass is 9.94. The predicted molar refractivity (Wildman–Crippen MR) is 176 cm³/mol. The third-order valence-electron chi connectivity index (χ3n) is 7.44.